The highest BCUT2D eigenvalue weighted by atomic mass is 16.2. The van der Waals surface area contributed by atoms with Gasteiger partial charge in [0.15, 0.2) is 0 Å². The second-order valence-electron chi connectivity index (χ2n) is 5.39. The van der Waals surface area contributed by atoms with Crippen molar-refractivity contribution >= 4 is 11.8 Å². The van der Waals surface area contributed by atoms with Crippen LogP contribution in [0.2, 0.25) is 0 Å². The first-order valence-corrected chi connectivity index (χ1v) is 7.24. The molecule has 1 aliphatic rings. The van der Waals surface area contributed by atoms with Crippen molar-refractivity contribution in [3.63, 3.8) is 0 Å². The summed E-state index contributed by atoms with van der Waals surface area (Å²) in [5.41, 5.74) is 1.02. The molecule has 20 heavy (non-hydrogen) atoms. The Bertz CT molecular complexity index is 459. The van der Waals surface area contributed by atoms with Crippen molar-refractivity contribution in [1.82, 2.24) is 10.2 Å². The molecule has 2 rings (SSSR count). The highest BCUT2D eigenvalue weighted by molar-refractivity contribution is 5.79. The largest absolute Gasteiger partial charge is 0.351 e. The molecular weight excluding hydrogens is 252 g/mol. The van der Waals surface area contributed by atoms with E-state index in [1.165, 1.54) is 0 Å². The maximum Gasteiger partial charge on any atom is 0.224 e. The van der Waals surface area contributed by atoms with Gasteiger partial charge in [-0.05, 0) is 24.8 Å². The quantitative estimate of drug-likeness (QED) is 0.913. The van der Waals surface area contributed by atoms with Crippen molar-refractivity contribution in [3.8, 4) is 0 Å². The lowest BCUT2D eigenvalue weighted by Crippen LogP contribution is -2.44. The van der Waals surface area contributed by atoms with E-state index in [1.54, 1.807) is 6.92 Å². The molecule has 0 saturated carbocycles. The average molecular weight is 274 g/mol. The Morgan fingerprint density at radius 2 is 2.00 bits per heavy atom. The Balaban J connectivity index is 1.88. The lowest BCUT2D eigenvalue weighted by Gasteiger charge is -2.24. The molecule has 4 nitrogen and oxygen atoms in total. The van der Waals surface area contributed by atoms with E-state index in [2.05, 4.69) is 5.32 Å². The summed E-state index contributed by atoms with van der Waals surface area (Å²) < 4.78 is 0. The van der Waals surface area contributed by atoms with Crippen LogP contribution in [-0.2, 0) is 16.0 Å². The Kier molecular flexibility index (Phi) is 5.16. The van der Waals surface area contributed by atoms with Gasteiger partial charge in [-0.25, -0.2) is 0 Å². The molecule has 1 aromatic rings. The van der Waals surface area contributed by atoms with Crippen LogP contribution in [0.1, 0.15) is 31.7 Å². The van der Waals surface area contributed by atoms with Gasteiger partial charge < -0.3 is 10.2 Å². The first-order chi connectivity index (χ1) is 9.65. The fraction of sp³-hybridized carbons (Fsp3) is 0.500. The van der Waals surface area contributed by atoms with Crippen molar-refractivity contribution in [2.45, 2.75) is 38.6 Å². The Morgan fingerprint density at radius 1 is 1.25 bits per heavy atom. The van der Waals surface area contributed by atoms with E-state index in [4.69, 9.17) is 0 Å². The number of carbonyl (C=O) groups excluding carboxylic acids is 2. The van der Waals surface area contributed by atoms with Crippen LogP contribution >= 0.6 is 0 Å². The lowest BCUT2D eigenvalue weighted by molar-refractivity contribution is -0.130. The molecule has 108 valence electrons. The van der Waals surface area contributed by atoms with Crippen LogP contribution in [0.3, 0.4) is 0 Å². The van der Waals surface area contributed by atoms with Crippen molar-refractivity contribution < 1.29 is 9.59 Å². The Morgan fingerprint density at radius 3 is 2.70 bits per heavy atom. The minimum atomic E-state index is 0.0339. The Labute approximate surface area is 120 Å². The maximum atomic E-state index is 12.1. The molecule has 1 atom stereocenters. The topological polar surface area (TPSA) is 49.4 Å². The van der Waals surface area contributed by atoms with E-state index in [0.29, 0.717) is 13.0 Å². The number of hydrogen-bond donors (Lipinski definition) is 1. The van der Waals surface area contributed by atoms with Gasteiger partial charge in [0.1, 0.15) is 0 Å². The fourth-order valence-corrected chi connectivity index (χ4v) is 2.61. The number of benzene rings is 1. The molecule has 2 amide bonds. The molecule has 1 unspecified atom stereocenters. The predicted molar refractivity (Wildman–Crippen MR) is 78.2 cm³/mol. The molecule has 1 saturated heterocycles. The molecule has 1 aliphatic heterocycles. The monoisotopic (exact) mass is 274 g/mol. The van der Waals surface area contributed by atoms with Gasteiger partial charge in [-0.3, -0.25) is 9.59 Å². The summed E-state index contributed by atoms with van der Waals surface area (Å²) >= 11 is 0. The van der Waals surface area contributed by atoms with E-state index < -0.39 is 0 Å². The van der Waals surface area contributed by atoms with Crippen LogP contribution < -0.4 is 5.32 Å². The summed E-state index contributed by atoms with van der Waals surface area (Å²) in [5.74, 6) is 0.126. The molecule has 0 aromatic heterocycles. The summed E-state index contributed by atoms with van der Waals surface area (Å²) in [4.78, 5) is 25.4. The van der Waals surface area contributed by atoms with Crippen LogP contribution in [0, 0.1) is 0 Å². The number of nitrogens with zero attached hydrogens (tertiary/aromatic N) is 1. The van der Waals surface area contributed by atoms with Gasteiger partial charge in [0.2, 0.25) is 11.8 Å². The third-order valence-electron chi connectivity index (χ3n) is 3.69. The minimum absolute atomic E-state index is 0.0339. The highest BCUT2D eigenvalue weighted by Crippen LogP contribution is 2.11. The van der Waals surface area contributed by atoms with Gasteiger partial charge in [0.25, 0.3) is 0 Å². The van der Waals surface area contributed by atoms with Gasteiger partial charge in [-0.2, -0.15) is 0 Å². The number of rotatable bonds is 3. The van der Waals surface area contributed by atoms with Crippen LogP contribution in [0.25, 0.3) is 0 Å². The molecule has 0 aliphatic carbocycles. The summed E-state index contributed by atoms with van der Waals surface area (Å²) in [5, 5.41) is 3.06. The van der Waals surface area contributed by atoms with Gasteiger partial charge in [0, 0.05) is 26.1 Å². The van der Waals surface area contributed by atoms with Gasteiger partial charge in [0.05, 0.1) is 6.42 Å². The second kappa shape index (κ2) is 7.08. The molecule has 1 heterocycles. The van der Waals surface area contributed by atoms with Crippen LogP contribution in [0.4, 0.5) is 0 Å². The zero-order chi connectivity index (χ0) is 14.4. The van der Waals surface area contributed by atoms with Crippen molar-refractivity contribution in [2.24, 2.45) is 0 Å². The standard InChI is InChI=1S/C16H22N2O2/c1-13(19)18-10-6-5-9-15(12-18)17-16(20)11-14-7-3-2-4-8-14/h2-4,7-8,15H,5-6,9-12H2,1H3,(H,17,20). The molecule has 1 aromatic carbocycles. The first kappa shape index (κ1) is 14.6. The SMILES string of the molecule is CC(=O)N1CCCCC(NC(=O)Cc2ccccc2)C1. The fourth-order valence-electron chi connectivity index (χ4n) is 2.61. The van der Waals surface area contributed by atoms with E-state index in [0.717, 1.165) is 31.4 Å². The van der Waals surface area contributed by atoms with Gasteiger partial charge >= 0.3 is 0 Å². The number of nitrogens with one attached hydrogen (secondary N) is 1. The molecule has 0 radical (unpaired) electrons. The summed E-state index contributed by atoms with van der Waals surface area (Å²) in [6.07, 6.45) is 3.42. The third kappa shape index (κ3) is 4.37. The number of likely N-dealkylation sites (tertiary alicyclic amines) is 1. The zero-order valence-electron chi connectivity index (χ0n) is 12.0. The summed E-state index contributed by atoms with van der Waals surface area (Å²) in [6, 6.07) is 9.80. The van der Waals surface area contributed by atoms with E-state index >= 15 is 0 Å². The number of amides is 2. The van der Waals surface area contributed by atoms with Crippen molar-refractivity contribution in [2.75, 3.05) is 13.1 Å². The third-order valence-corrected chi connectivity index (χ3v) is 3.69. The zero-order valence-corrected chi connectivity index (χ0v) is 12.0. The summed E-state index contributed by atoms with van der Waals surface area (Å²) in [7, 11) is 0. The van der Waals surface area contributed by atoms with Gasteiger partial charge in [-0.15, -0.1) is 0 Å². The van der Waals surface area contributed by atoms with E-state index in [-0.39, 0.29) is 17.9 Å². The molecule has 0 bridgehead atoms. The number of carbonyl (C=O) groups is 2. The number of hydrogen-bond acceptors (Lipinski definition) is 2. The Hall–Kier alpha value is -1.84. The molecule has 1 fully saturated rings. The smallest absolute Gasteiger partial charge is 0.224 e. The molecular formula is C16H22N2O2. The van der Waals surface area contributed by atoms with E-state index in [1.807, 2.05) is 35.2 Å². The predicted octanol–water partition coefficient (Wildman–Crippen LogP) is 1.75. The van der Waals surface area contributed by atoms with Crippen LogP contribution in [0.15, 0.2) is 30.3 Å². The molecule has 0 spiro atoms. The van der Waals surface area contributed by atoms with Crippen molar-refractivity contribution in [1.29, 1.82) is 0 Å². The second-order valence-corrected chi connectivity index (χ2v) is 5.39. The molecule has 4 heteroatoms. The summed E-state index contributed by atoms with van der Waals surface area (Å²) in [6.45, 7) is 3.03. The normalized spacial score (nSPS) is 19.2. The van der Waals surface area contributed by atoms with E-state index in [9.17, 15) is 9.59 Å². The highest BCUT2D eigenvalue weighted by Gasteiger charge is 2.21. The van der Waals surface area contributed by atoms with Crippen LogP contribution in [-0.4, -0.2) is 35.8 Å². The first-order valence-electron chi connectivity index (χ1n) is 7.24. The van der Waals surface area contributed by atoms with Crippen molar-refractivity contribution in [3.05, 3.63) is 35.9 Å². The maximum absolute atomic E-state index is 12.1. The lowest BCUT2D eigenvalue weighted by atomic mass is 10.1. The minimum Gasteiger partial charge on any atom is -0.351 e. The van der Waals surface area contributed by atoms with Gasteiger partial charge in [-0.1, -0.05) is 30.3 Å². The average Bonchev–Trinajstić information content (AvgIpc) is 2.65. The molecule has 1 N–H and O–H groups in total. The van der Waals surface area contributed by atoms with Crippen LogP contribution in [0.5, 0.6) is 0 Å².